The van der Waals surface area contributed by atoms with Gasteiger partial charge in [0.2, 0.25) is 16.5 Å². The normalized spacial score (nSPS) is 13.7. The maximum atomic E-state index is 14.9. The molecular weight excluding hydrogens is 453 g/mol. The summed E-state index contributed by atoms with van der Waals surface area (Å²) in [6.07, 6.45) is 3.93. The minimum Gasteiger partial charge on any atom is -0.477 e. The van der Waals surface area contributed by atoms with E-state index in [-0.39, 0.29) is 41.0 Å². The quantitative estimate of drug-likeness (QED) is 0.447. The monoisotopic (exact) mass is 467 g/mol. The van der Waals surface area contributed by atoms with E-state index in [2.05, 4.69) is 24.6 Å². The van der Waals surface area contributed by atoms with E-state index in [9.17, 15) is 23.9 Å². The molecule has 5 rings (SSSR count). The van der Waals surface area contributed by atoms with Gasteiger partial charge in [-0.15, -0.1) is 0 Å². The van der Waals surface area contributed by atoms with Crippen molar-refractivity contribution in [2.75, 3.05) is 23.3 Å². The van der Waals surface area contributed by atoms with Crippen molar-refractivity contribution in [2.24, 2.45) is 5.92 Å². The Labute approximate surface area is 188 Å². The second kappa shape index (κ2) is 8.02. The van der Waals surface area contributed by atoms with E-state index >= 15 is 0 Å². The molecule has 4 aromatic heterocycles. The van der Waals surface area contributed by atoms with Gasteiger partial charge in [-0.3, -0.25) is 14.2 Å². The fourth-order valence-corrected chi connectivity index (χ4v) is 4.00. The zero-order chi connectivity index (χ0) is 23.1. The molecule has 0 radical (unpaired) electrons. The first-order valence-electron chi connectivity index (χ1n) is 9.65. The molecule has 0 atom stereocenters. The molecule has 0 aliphatic carbocycles. The zero-order valence-electron chi connectivity index (χ0n) is 16.7. The Morgan fingerprint density at radius 3 is 2.73 bits per heavy atom. The van der Waals surface area contributed by atoms with Gasteiger partial charge < -0.3 is 15.3 Å². The van der Waals surface area contributed by atoms with Gasteiger partial charge in [0.25, 0.3) is 0 Å². The van der Waals surface area contributed by atoms with Gasteiger partial charge >= 0.3 is 5.97 Å². The van der Waals surface area contributed by atoms with Crippen LogP contribution >= 0.6 is 11.5 Å². The third kappa shape index (κ3) is 3.67. The van der Waals surface area contributed by atoms with Gasteiger partial charge in [-0.2, -0.15) is 4.37 Å². The van der Waals surface area contributed by atoms with Gasteiger partial charge in [0.15, 0.2) is 17.3 Å². The predicted molar refractivity (Wildman–Crippen MR) is 116 cm³/mol. The van der Waals surface area contributed by atoms with Crippen LogP contribution < -0.4 is 15.6 Å². The fraction of sp³-hybridized carbons (Fsp3) is 0.150. The number of carboxylic acids is 1. The summed E-state index contributed by atoms with van der Waals surface area (Å²) in [5.41, 5.74) is -1.35. The molecule has 11 nitrogen and oxygen atoms in total. The molecule has 166 valence electrons. The van der Waals surface area contributed by atoms with Crippen molar-refractivity contribution < 1.29 is 19.1 Å². The van der Waals surface area contributed by atoms with E-state index in [4.69, 9.17) is 0 Å². The van der Waals surface area contributed by atoms with E-state index in [1.165, 1.54) is 10.9 Å². The molecule has 2 N–H and O–H groups in total. The molecule has 0 aromatic carbocycles. The molecule has 4 aromatic rings. The number of nitrogens with one attached hydrogen (secondary N) is 1. The number of carboxylic acid groups (broad SMARTS) is 1. The van der Waals surface area contributed by atoms with Gasteiger partial charge in [0.1, 0.15) is 17.7 Å². The zero-order valence-corrected chi connectivity index (χ0v) is 17.5. The summed E-state index contributed by atoms with van der Waals surface area (Å²) in [7, 11) is 0. The third-order valence-corrected chi connectivity index (χ3v) is 5.83. The number of hydrogen-bond acceptors (Lipinski definition) is 9. The lowest BCUT2D eigenvalue weighted by molar-refractivity contribution is -0.120. The summed E-state index contributed by atoms with van der Waals surface area (Å²) in [5.74, 6) is -2.52. The Hall–Kier alpha value is -4.26. The number of nitrogens with zero attached hydrogens (tertiary/aromatic N) is 6. The molecule has 1 fully saturated rings. The van der Waals surface area contributed by atoms with Gasteiger partial charge in [-0.25, -0.2) is 24.1 Å². The number of halogens is 1. The number of aromatic nitrogens is 5. The van der Waals surface area contributed by atoms with Crippen molar-refractivity contribution in [2.45, 2.75) is 0 Å². The highest BCUT2D eigenvalue weighted by Crippen LogP contribution is 2.29. The van der Waals surface area contributed by atoms with Crippen LogP contribution in [0.15, 0.2) is 47.8 Å². The van der Waals surface area contributed by atoms with Gasteiger partial charge in [0.05, 0.1) is 11.3 Å². The maximum absolute atomic E-state index is 14.9. The van der Waals surface area contributed by atoms with Crippen LogP contribution in [-0.2, 0) is 4.79 Å². The van der Waals surface area contributed by atoms with Crippen LogP contribution in [0.5, 0.6) is 0 Å². The maximum Gasteiger partial charge on any atom is 0.341 e. The second-order valence-electron chi connectivity index (χ2n) is 7.24. The van der Waals surface area contributed by atoms with E-state index in [1.54, 1.807) is 29.3 Å². The Kier molecular flexibility index (Phi) is 5.01. The highest BCUT2D eigenvalue weighted by Gasteiger charge is 2.35. The van der Waals surface area contributed by atoms with Crippen molar-refractivity contribution in [3.63, 3.8) is 0 Å². The molecule has 1 saturated heterocycles. The van der Waals surface area contributed by atoms with Crippen LogP contribution in [-0.4, -0.2) is 54.0 Å². The van der Waals surface area contributed by atoms with Crippen LogP contribution in [0.25, 0.3) is 16.2 Å². The first kappa shape index (κ1) is 20.6. The average Bonchev–Trinajstić information content (AvgIpc) is 3.29. The van der Waals surface area contributed by atoms with E-state index in [1.807, 2.05) is 0 Å². The fourth-order valence-electron chi connectivity index (χ4n) is 3.49. The topological polar surface area (TPSA) is 143 Å². The van der Waals surface area contributed by atoms with Gasteiger partial charge in [0, 0.05) is 37.0 Å². The van der Waals surface area contributed by atoms with E-state index < -0.39 is 28.7 Å². The molecule has 1 aliphatic rings. The Balaban J connectivity index is 1.48. The Morgan fingerprint density at radius 1 is 1.24 bits per heavy atom. The lowest BCUT2D eigenvalue weighted by Crippen LogP contribution is -2.52. The largest absolute Gasteiger partial charge is 0.477 e. The predicted octanol–water partition coefficient (Wildman–Crippen LogP) is 1.54. The van der Waals surface area contributed by atoms with Gasteiger partial charge in [-0.1, -0.05) is 6.07 Å². The standard InChI is InChI=1S/C20H14FN7O4S/c21-13-5-11-15(29)12(19(31)32)8-28(20-23-9-24-33-20)16(11)26-17(13)27-6-10(7-27)18(30)25-14-3-1-2-4-22-14/h1-5,8-10H,6-7H2,(H,31,32)(H,22,25,30). The van der Waals surface area contributed by atoms with Crippen LogP contribution in [0.1, 0.15) is 10.4 Å². The van der Waals surface area contributed by atoms with Crippen molar-refractivity contribution in [3.05, 3.63) is 64.6 Å². The molecule has 0 bridgehead atoms. The summed E-state index contributed by atoms with van der Waals surface area (Å²) >= 11 is 0.961. The number of anilines is 2. The molecule has 1 amide bonds. The lowest BCUT2D eigenvalue weighted by atomic mass is 9.99. The van der Waals surface area contributed by atoms with Crippen LogP contribution in [0, 0.1) is 11.7 Å². The number of hydrogen-bond donors (Lipinski definition) is 2. The highest BCUT2D eigenvalue weighted by molar-refractivity contribution is 7.08. The average molecular weight is 467 g/mol. The van der Waals surface area contributed by atoms with Crippen molar-refractivity contribution in [1.29, 1.82) is 0 Å². The smallest absolute Gasteiger partial charge is 0.341 e. The third-order valence-electron chi connectivity index (χ3n) is 5.17. The molecule has 13 heteroatoms. The molecule has 0 saturated carbocycles. The number of carbonyl (C=O) groups excluding carboxylic acids is 1. The number of amides is 1. The minimum absolute atomic E-state index is 0.0412. The second-order valence-corrected chi connectivity index (χ2v) is 8.00. The summed E-state index contributed by atoms with van der Waals surface area (Å²) in [6, 6.07) is 6.11. The van der Waals surface area contributed by atoms with Crippen LogP contribution in [0.2, 0.25) is 0 Å². The molecular formula is C20H14FN7O4S. The molecule has 0 unspecified atom stereocenters. The molecule has 33 heavy (non-hydrogen) atoms. The van der Waals surface area contributed by atoms with Crippen LogP contribution in [0.4, 0.5) is 16.0 Å². The number of rotatable bonds is 5. The van der Waals surface area contributed by atoms with E-state index in [0.717, 1.165) is 23.8 Å². The summed E-state index contributed by atoms with van der Waals surface area (Å²) < 4.78 is 20.1. The Bertz CT molecular complexity index is 1440. The number of fused-ring (bicyclic) bond motifs is 1. The Morgan fingerprint density at radius 2 is 2.06 bits per heavy atom. The number of carbonyl (C=O) groups is 2. The number of aromatic carboxylic acids is 1. The minimum atomic E-state index is -1.45. The molecule has 5 heterocycles. The summed E-state index contributed by atoms with van der Waals surface area (Å²) in [4.78, 5) is 50.5. The van der Waals surface area contributed by atoms with Crippen molar-refractivity contribution in [1.82, 2.24) is 23.9 Å². The van der Waals surface area contributed by atoms with E-state index in [0.29, 0.717) is 5.82 Å². The van der Waals surface area contributed by atoms with Crippen molar-refractivity contribution >= 4 is 46.1 Å². The number of pyridine rings is 3. The SMILES string of the molecule is O=C(O)c1cn(-c2ncns2)c2nc(N3CC(C(=O)Nc4ccccn4)C3)c(F)cc2c1=O. The first-order chi connectivity index (χ1) is 15.9. The summed E-state index contributed by atoms with van der Waals surface area (Å²) in [5, 5.41) is 12.2. The molecule has 0 spiro atoms. The highest BCUT2D eigenvalue weighted by atomic mass is 32.1. The van der Waals surface area contributed by atoms with Gasteiger partial charge in [-0.05, 0) is 18.2 Å². The van der Waals surface area contributed by atoms with Crippen molar-refractivity contribution in [3.8, 4) is 5.13 Å². The van der Waals surface area contributed by atoms with Crippen LogP contribution in [0.3, 0.4) is 0 Å². The summed E-state index contributed by atoms with van der Waals surface area (Å²) in [6.45, 7) is 0.425. The first-order valence-corrected chi connectivity index (χ1v) is 10.4. The molecule has 1 aliphatic heterocycles. The lowest BCUT2D eigenvalue weighted by Gasteiger charge is -2.39.